The second kappa shape index (κ2) is 8.42. The summed E-state index contributed by atoms with van der Waals surface area (Å²) in [5, 5.41) is 17.4. The third kappa shape index (κ3) is 3.55. The average Bonchev–Trinajstić information content (AvgIpc) is 3.22. The molecule has 1 aromatic heterocycles. The average molecular weight is 399 g/mol. The van der Waals surface area contributed by atoms with Gasteiger partial charge in [0.15, 0.2) is 0 Å². The number of hydrogen-bond donors (Lipinski definition) is 1. The van der Waals surface area contributed by atoms with E-state index < -0.39 is 0 Å². The lowest BCUT2D eigenvalue weighted by Gasteiger charge is -2.41. The van der Waals surface area contributed by atoms with Crippen LogP contribution in [0, 0.1) is 11.3 Å². The highest BCUT2D eigenvalue weighted by Gasteiger charge is 2.37. The number of fused-ring (bicyclic) bond motifs is 1. The zero-order valence-electron chi connectivity index (χ0n) is 17.2. The van der Waals surface area contributed by atoms with Gasteiger partial charge in [-0.25, -0.2) is 0 Å². The first-order valence-electron chi connectivity index (χ1n) is 10.3. The molecule has 0 saturated carbocycles. The number of carbonyl (C=O) groups is 1. The predicted molar refractivity (Wildman–Crippen MR) is 117 cm³/mol. The summed E-state index contributed by atoms with van der Waals surface area (Å²) in [4.78, 5) is 15.4. The normalized spacial score (nSPS) is 16.5. The second-order valence-corrected chi connectivity index (χ2v) is 7.53. The minimum absolute atomic E-state index is 0.0208. The molecule has 0 fully saturated rings. The molecule has 30 heavy (non-hydrogen) atoms. The molecule has 152 valence electrons. The van der Waals surface area contributed by atoms with E-state index in [9.17, 15) is 4.79 Å². The van der Waals surface area contributed by atoms with Crippen LogP contribution < -0.4 is 5.32 Å². The highest BCUT2D eigenvalue weighted by atomic mass is 16.2. The van der Waals surface area contributed by atoms with Crippen LogP contribution in [-0.4, -0.2) is 26.6 Å². The minimum Gasteiger partial charge on any atom is -0.361 e. The number of aryl methyl sites for hydroxylation is 1. The molecule has 1 N–H and O–H groups in total. The number of aromatic nitrogens is 2. The van der Waals surface area contributed by atoms with Crippen molar-refractivity contribution in [2.24, 2.45) is 0 Å². The second-order valence-electron chi connectivity index (χ2n) is 7.53. The van der Waals surface area contributed by atoms with Gasteiger partial charge in [0, 0.05) is 29.1 Å². The highest BCUT2D eigenvalue weighted by molar-refractivity contribution is 6.02. The molecule has 1 amide bonds. The first-order chi connectivity index (χ1) is 14.6. The summed E-state index contributed by atoms with van der Waals surface area (Å²) in [5.74, 6) is 0.0208. The largest absolute Gasteiger partial charge is 0.361 e. The Hall–Kier alpha value is -3.59. The van der Waals surface area contributed by atoms with Crippen molar-refractivity contribution in [1.29, 1.82) is 5.26 Å². The third-order valence-corrected chi connectivity index (χ3v) is 5.61. The fraction of sp³-hybridized carbons (Fsp3) is 0.292. The number of nitrogens with one attached hydrogen (secondary N) is 1. The molecular formula is C24H25N5O. The number of anilines is 1. The van der Waals surface area contributed by atoms with E-state index in [1.54, 1.807) is 0 Å². The summed E-state index contributed by atoms with van der Waals surface area (Å²) >= 11 is 0. The maximum Gasteiger partial charge on any atom is 0.258 e. The lowest BCUT2D eigenvalue weighted by Crippen LogP contribution is -2.47. The Labute approximate surface area is 176 Å². The molecule has 0 radical (unpaired) electrons. The fourth-order valence-electron chi connectivity index (χ4n) is 3.88. The Balaban J connectivity index is 1.85. The molecule has 0 bridgehead atoms. The van der Waals surface area contributed by atoms with Crippen LogP contribution in [0.25, 0.3) is 11.3 Å². The molecule has 1 aliphatic rings. The smallest absolute Gasteiger partial charge is 0.258 e. The van der Waals surface area contributed by atoms with E-state index in [4.69, 9.17) is 10.4 Å². The van der Waals surface area contributed by atoms with Crippen molar-refractivity contribution in [2.45, 2.75) is 45.4 Å². The van der Waals surface area contributed by atoms with Crippen molar-refractivity contribution in [3.05, 3.63) is 71.9 Å². The molecule has 1 aliphatic heterocycles. The molecule has 0 saturated heterocycles. The van der Waals surface area contributed by atoms with Gasteiger partial charge in [-0.2, -0.15) is 10.4 Å². The van der Waals surface area contributed by atoms with Crippen molar-refractivity contribution in [3.8, 4) is 17.3 Å². The fourth-order valence-corrected chi connectivity index (χ4v) is 3.88. The first-order valence-corrected chi connectivity index (χ1v) is 10.3. The van der Waals surface area contributed by atoms with Crippen LogP contribution in [0.2, 0.25) is 0 Å². The Bertz CT molecular complexity index is 1080. The van der Waals surface area contributed by atoms with Gasteiger partial charge in [0.1, 0.15) is 6.17 Å². The predicted octanol–water partition coefficient (Wildman–Crippen LogP) is 4.83. The Morgan fingerprint density at radius 1 is 1.17 bits per heavy atom. The Morgan fingerprint density at radius 2 is 1.90 bits per heavy atom. The highest BCUT2D eigenvalue weighted by Crippen LogP contribution is 2.38. The molecule has 3 aromatic rings. The van der Waals surface area contributed by atoms with E-state index in [-0.39, 0.29) is 18.1 Å². The van der Waals surface area contributed by atoms with Crippen LogP contribution in [0.4, 0.5) is 5.69 Å². The van der Waals surface area contributed by atoms with Crippen molar-refractivity contribution in [1.82, 2.24) is 14.7 Å². The van der Waals surface area contributed by atoms with E-state index in [0.717, 1.165) is 28.9 Å². The van der Waals surface area contributed by atoms with Gasteiger partial charge in [-0.1, -0.05) is 49.4 Å². The van der Waals surface area contributed by atoms with Gasteiger partial charge in [0.2, 0.25) is 0 Å². The number of hydrogen-bond acceptors (Lipinski definition) is 4. The molecule has 0 spiro atoms. The molecular weight excluding hydrogens is 374 g/mol. The van der Waals surface area contributed by atoms with Gasteiger partial charge in [-0.3, -0.25) is 9.48 Å². The molecule has 2 aromatic carbocycles. The van der Waals surface area contributed by atoms with Crippen LogP contribution in [0.3, 0.4) is 0 Å². The number of nitriles is 1. The van der Waals surface area contributed by atoms with Crippen LogP contribution >= 0.6 is 0 Å². The van der Waals surface area contributed by atoms with Gasteiger partial charge in [0.05, 0.1) is 30.3 Å². The van der Waals surface area contributed by atoms with Crippen molar-refractivity contribution in [2.75, 3.05) is 5.32 Å². The molecule has 6 nitrogen and oxygen atoms in total. The lowest BCUT2D eigenvalue weighted by molar-refractivity contribution is 0.0594. The number of carbonyl (C=O) groups excluding carboxylic acids is 1. The zero-order chi connectivity index (χ0) is 21.1. The van der Waals surface area contributed by atoms with Gasteiger partial charge in [-0.15, -0.1) is 0 Å². The van der Waals surface area contributed by atoms with Gasteiger partial charge in [0.25, 0.3) is 5.91 Å². The molecule has 0 aliphatic carbocycles. The molecule has 0 unspecified atom stereocenters. The van der Waals surface area contributed by atoms with E-state index in [2.05, 4.69) is 25.2 Å². The maximum atomic E-state index is 13.4. The quantitative estimate of drug-likeness (QED) is 0.644. The monoisotopic (exact) mass is 399 g/mol. The standard InChI is InChI=1S/C24H25N5O/c1-3-17(2)29-23(26-21-13-8-7-12-19(21)24(29)30)20-16-28(15-9-14-25)27-22(20)18-10-5-4-6-11-18/h4-8,10-13,16-17,23,26H,3,9,15H2,1-2H3/t17-,23-/m1/s1. The number of rotatable bonds is 6. The Kier molecular flexibility index (Phi) is 5.53. The summed E-state index contributed by atoms with van der Waals surface area (Å²) in [6.07, 6.45) is 2.85. The van der Waals surface area contributed by atoms with Crippen LogP contribution in [-0.2, 0) is 6.54 Å². The van der Waals surface area contributed by atoms with Gasteiger partial charge in [-0.05, 0) is 25.5 Å². The minimum atomic E-state index is -0.339. The number of benzene rings is 2. The zero-order valence-corrected chi connectivity index (χ0v) is 17.2. The number of para-hydroxylation sites is 1. The number of amides is 1. The SMILES string of the molecule is CC[C@@H](C)N1C(=O)c2ccccc2N[C@H]1c1cn(CCC#N)nc1-c1ccccc1. The topological polar surface area (TPSA) is 74.0 Å². The van der Waals surface area contributed by atoms with Crippen molar-refractivity contribution < 1.29 is 4.79 Å². The van der Waals surface area contributed by atoms with E-state index >= 15 is 0 Å². The molecule has 6 heteroatoms. The van der Waals surface area contributed by atoms with E-state index in [1.807, 2.05) is 70.4 Å². The van der Waals surface area contributed by atoms with Gasteiger partial charge < -0.3 is 10.2 Å². The summed E-state index contributed by atoms with van der Waals surface area (Å²) in [7, 11) is 0. The van der Waals surface area contributed by atoms with Crippen molar-refractivity contribution in [3.63, 3.8) is 0 Å². The van der Waals surface area contributed by atoms with Crippen LogP contribution in [0.5, 0.6) is 0 Å². The maximum absolute atomic E-state index is 13.4. The van der Waals surface area contributed by atoms with Crippen molar-refractivity contribution >= 4 is 11.6 Å². The number of nitrogens with zero attached hydrogens (tertiary/aromatic N) is 4. The Morgan fingerprint density at radius 3 is 2.63 bits per heavy atom. The third-order valence-electron chi connectivity index (χ3n) is 5.61. The summed E-state index contributed by atoms with van der Waals surface area (Å²) in [6, 6.07) is 19.8. The summed E-state index contributed by atoms with van der Waals surface area (Å²) in [5.41, 5.74) is 4.26. The van der Waals surface area contributed by atoms with Gasteiger partial charge >= 0.3 is 0 Å². The summed E-state index contributed by atoms with van der Waals surface area (Å²) < 4.78 is 1.81. The molecule has 4 rings (SSSR count). The van der Waals surface area contributed by atoms with E-state index in [1.165, 1.54) is 0 Å². The first kappa shape index (κ1) is 19.7. The lowest BCUT2D eigenvalue weighted by atomic mass is 9.99. The summed E-state index contributed by atoms with van der Waals surface area (Å²) in [6.45, 7) is 4.67. The van der Waals surface area contributed by atoms with Crippen LogP contribution in [0.1, 0.15) is 48.8 Å². The van der Waals surface area contributed by atoms with Crippen LogP contribution in [0.15, 0.2) is 60.8 Å². The van der Waals surface area contributed by atoms with E-state index in [0.29, 0.717) is 18.5 Å². The molecule has 2 atom stereocenters. The molecule has 2 heterocycles.